The van der Waals surface area contributed by atoms with E-state index >= 15 is 0 Å². The van der Waals surface area contributed by atoms with Gasteiger partial charge >= 0.3 is 11.9 Å². The van der Waals surface area contributed by atoms with Crippen LogP contribution in [0.15, 0.2) is 0 Å². The van der Waals surface area contributed by atoms with Gasteiger partial charge in [0.05, 0.1) is 0 Å². The van der Waals surface area contributed by atoms with Gasteiger partial charge in [0, 0.05) is 0 Å². The Morgan fingerprint density at radius 2 is 1.25 bits per heavy atom. The molecule has 112 valence electrons. The van der Waals surface area contributed by atoms with Gasteiger partial charge in [0.2, 0.25) is 11.8 Å². The molecule has 1 fully saturated rings. The van der Waals surface area contributed by atoms with E-state index in [1.54, 1.807) is 0 Å². The maximum atomic E-state index is 11.6. The first kappa shape index (κ1) is 16.5. The zero-order valence-corrected chi connectivity index (χ0v) is 11.7. The van der Waals surface area contributed by atoms with Crippen molar-refractivity contribution >= 4 is 47.0 Å². The van der Waals surface area contributed by atoms with E-state index in [1.807, 2.05) is 0 Å². The van der Waals surface area contributed by atoms with Crippen molar-refractivity contribution in [1.29, 1.82) is 0 Å². The molecule has 0 bridgehead atoms. The van der Waals surface area contributed by atoms with Crippen molar-refractivity contribution in [3.8, 4) is 0 Å². The van der Waals surface area contributed by atoms with Crippen LogP contribution >= 0.6 is 23.2 Å². The Bertz CT molecular complexity index is 379. The maximum absolute atomic E-state index is 11.6. The van der Waals surface area contributed by atoms with Gasteiger partial charge < -0.3 is 20.1 Å². The monoisotopic (exact) mass is 326 g/mol. The van der Waals surface area contributed by atoms with E-state index in [1.165, 1.54) is 0 Å². The lowest BCUT2D eigenvalue weighted by Crippen LogP contribution is -2.64. The average Bonchev–Trinajstić information content (AvgIpc) is 2.45. The predicted molar refractivity (Wildman–Crippen MR) is 67.2 cm³/mol. The van der Waals surface area contributed by atoms with Gasteiger partial charge in [-0.1, -0.05) is 0 Å². The lowest BCUT2D eigenvalue weighted by Gasteiger charge is -2.28. The van der Waals surface area contributed by atoms with Crippen LogP contribution in [0.5, 0.6) is 0 Å². The Morgan fingerprint density at radius 3 is 1.55 bits per heavy atom. The lowest BCUT2D eigenvalue weighted by atomic mass is 10.1. The van der Waals surface area contributed by atoms with Crippen molar-refractivity contribution in [2.24, 2.45) is 0 Å². The summed E-state index contributed by atoms with van der Waals surface area (Å²) in [7, 11) is 0. The summed E-state index contributed by atoms with van der Waals surface area (Å²) in [6.07, 6.45) is 0. The first-order valence-electron chi connectivity index (χ1n) is 5.51. The van der Waals surface area contributed by atoms with Crippen molar-refractivity contribution in [1.82, 2.24) is 10.6 Å². The first-order chi connectivity index (χ1) is 9.47. The summed E-state index contributed by atoms with van der Waals surface area (Å²) in [5, 5.41) is 4.68. The quantitative estimate of drug-likeness (QED) is 0.455. The minimum absolute atomic E-state index is 0.322. The molecule has 1 aliphatic rings. The number of rotatable bonds is 6. The molecule has 20 heavy (non-hydrogen) atoms. The van der Waals surface area contributed by atoms with Crippen molar-refractivity contribution < 1.29 is 28.7 Å². The molecule has 10 heteroatoms. The highest BCUT2D eigenvalue weighted by molar-refractivity contribution is 6.26. The Balaban J connectivity index is 2.45. The SMILES string of the molecule is O=C(CCl)OC[C@H]1NC(=O)[C@@H](COC(=O)CCl)NC1=O. The largest absolute Gasteiger partial charge is 0.462 e. The van der Waals surface area contributed by atoms with Crippen LogP contribution in [0, 0.1) is 0 Å². The third-order valence-corrected chi connectivity index (χ3v) is 2.74. The van der Waals surface area contributed by atoms with Gasteiger partial charge in [0.1, 0.15) is 37.1 Å². The number of esters is 2. The number of carbonyl (C=O) groups excluding carboxylic acids is 4. The molecule has 1 heterocycles. The van der Waals surface area contributed by atoms with Crippen LogP contribution in [-0.2, 0) is 28.7 Å². The van der Waals surface area contributed by atoms with Crippen LogP contribution in [0.25, 0.3) is 0 Å². The molecule has 0 aromatic rings. The van der Waals surface area contributed by atoms with Gasteiger partial charge in [-0.3, -0.25) is 19.2 Å². The van der Waals surface area contributed by atoms with E-state index in [9.17, 15) is 19.2 Å². The number of ether oxygens (including phenoxy) is 2. The minimum Gasteiger partial charge on any atom is -0.462 e. The molecule has 1 rings (SSSR count). The molecule has 2 atom stereocenters. The molecule has 0 aromatic heterocycles. The van der Waals surface area contributed by atoms with Crippen molar-refractivity contribution in [2.45, 2.75) is 12.1 Å². The lowest BCUT2D eigenvalue weighted by molar-refractivity contribution is -0.149. The van der Waals surface area contributed by atoms with Gasteiger partial charge in [0.25, 0.3) is 0 Å². The van der Waals surface area contributed by atoms with E-state index in [4.69, 9.17) is 23.2 Å². The molecule has 8 nitrogen and oxygen atoms in total. The topological polar surface area (TPSA) is 111 Å². The Morgan fingerprint density at radius 1 is 0.900 bits per heavy atom. The standard InChI is InChI=1S/C10H12Cl2N2O6/c11-1-7(15)19-3-5-9(17)14-6(10(18)13-5)4-20-8(16)2-12/h5-6H,1-4H2,(H,13,18)(H,14,17)/t5-,6-/m1/s1. The summed E-state index contributed by atoms with van der Waals surface area (Å²) < 4.78 is 9.30. The number of carbonyl (C=O) groups is 4. The summed E-state index contributed by atoms with van der Waals surface area (Å²) in [4.78, 5) is 45.0. The van der Waals surface area contributed by atoms with E-state index in [-0.39, 0.29) is 25.0 Å². The fraction of sp³-hybridized carbons (Fsp3) is 0.600. The molecule has 2 N–H and O–H groups in total. The number of halogens is 2. The summed E-state index contributed by atoms with van der Waals surface area (Å²) in [5.41, 5.74) is 0. The highest BCUT2D eigenvalue weighted by Gasteiger charge is 2.35. The maximum Gasteiger partial charge on any atom is 0.320 e. The molecule has 0 unspecified atom stereocenters. The molecule has 0 radical (unpaired) electrons. The number of amides is 2. The van der Waals surface area contributed by atoms with Gasteiger partial charge in [-0.05, 0) is 0 Å². The molecule has 1 saturated heterocycles. The van der Waals surface area contributed by atoms with Crippen LogP contribution in [0.1, 0.15) is 0 Å². The Labute approximate surface area is 124 Å². The summed E-state index contributed by atoms with van der Waals surface area (Å²) >= 11 is 10.4. The van der Waals surface area contributed by atoms with Crippen LogP contribution < -0.4 is 10.6 Å². The zero-order valence-electron chi connectivity index (χ0n) is 10.2. The smallest absolute Gasteiger partial charge is 0.320 e. The normalized spacial score (nSPS) is 21.7. The van der Waals surface area contributed by atoms with E-state index in [2.05, 4.69) is 20.1 Å². The molecular formula is C10H12Cl2N2O6. The number of alkyl halides is 2. The highest BCUT2D eigenvalue weighted by Crippen LogP contribution is 2.00. The number of piperazine rings is 1. The number of hydrogen-bond donors (Lipinski definition) is 2. The van der Waals surface area contributed by atoms with Crippen molar-refractivity contribution in [3.05, 3.63) is 0 Å². The van der Waals surface area contributed by atoms with Gasteiger partial charge in [0.15, 0.2) is 0 Å². The van der Waals surface area contributed by atoms with E-state index in [0.29, 0.717) is 0 Å². The first-order valence-corrected chi connectivity index (χ1v) is 6.58. The summed E-state index contributed by atoms with van der Waals surface area (Å²) in [5.74, 6) is -3.21. The highest BCUT2D eigenvalue weighted by atomic mass is 35.5. The zero-order chi connectivity index (χ0) is 15.1. The van der Waals surface area contributed by atoms with Gasteiger partial charge in [-0.25, -0.2) is 0 Å². The Kier molecular flexibility index (Phi) is 6.53. The van der Waals surface area contributed by atoms with E-state index in [0.717, 1.165) is 0 Å². The number of nitrogens with one attached hydrogen (secondary N) is 2. The van der Waals surface area contributed by atoms with Crippen molar-refractivity contribution in [2.75, 3.05) is 25.0 Å². The van der Waals surface area contributed by atoms with E-state index < -0.39 is 35.8 Å². The third-order valence-electron chi connectivity index (χ3n) is 2.31. The molecule has 0 spiro atoms. The average molecular weight is 327 g/mol. The summed E-state index contributed by atoms with van der Waals surface area (Å²) in [6.45, 7) is -0.644. The van der Waals surface area contributed by atoms with Gasteiger partial charge in [-0.15, -0.1) is 23.2 Å². The second-order valence-corrected chi connectivity index (χ2v) is 4.29. The predicted octanol–water partition coefficient (Wildman–Crippen LogP) is -1.47. The molecule has 1 aliphatic heterocycles. The second-order valence-electron chi connectivity index (χ2n) is 3.76. The molecular weight excluding hydrogens is 315 g/mol. The van der Waals surface area contributed by atoms with Crippen LogP contribution in [0.3, 0.4) is 0 Å². The van der Waals surface area contributed by atoms with Crippen LogP contribution in [0.4, 0.5) is 0 Å². The fourth-order valence-corrected chi connectivity index (χ4v) is 1.49. The molecule has 2 amide bonds. The molecule has 0 aliphatic carbocycles. The van der Waals surface area contributed by atoms with Crippen molar-refractivity contribution in [3.63, 3.8) is 0 Å². The van der Waals surface area contributed by atoms with Crippen LogP contribution in [-0.4, -0.2) is 60.8 Å². The minimum atomic E-state index is -1.00. The fourth-order valence-electron chi connectivity index (χ4n) is 1.34. The summed E-state index contributed by atoms with van der Waals surface area (Å²) in [6, 6.07) is -2.01. The van der Waals surface area contributed by atoms with Gasteiger partial charge in [-0.2, -0.15) is 0 Å². The molecule has 0 saturated carbocycles. The third kappa shape index (κ3) is 4.86. The molecule has 0 aromatic carbocycles. The number of hydrogen-bond acceptors (Lipinski definition) is 6. The second kappa shape index (κ2) is 7.91. The van der Waals surface area contributed by atoms with Crippen LogP contribution in [0.2, 0.25) is 0 Å². The Hall–Kier alpha value is -1.54.